The highest BCUT2D eigenvalue weighted by molar-refractivity contribution is 5.76. The van der Waals surface area contributed by atoms with E-state index in [0.717, 1.165) is 17.5 Å². The predicted molar refractivity (Wildman–Crippen MR) is 82.9 cm³/mol. The van der Waals surface area contributed by atoms with Crippen LogP contribution in [0.2, 0.25) is 0 Å². The molecule has 0 heterocycles. The molecule has 21 heavy (non-hydrogen) atoms. The van der Waals surface area contributed by atoms with Crippen molar-refractivity contribution in [2.75, 3.05) is 26.4 Å². The number of Topliss-reactive ketones (excluding diaryl/α,β-unsaturated/α-hetero) is 1. The summed E-state index contributed by atoms with van der Waals surface area (Å²) in [6.07, 6.45) is 0.762. The van der Waals surface area contributed by atoms with Crippen LogP contribution < -0.4 is 5.73 Å². The van der Waals surface area contributed by atoms with Gasteiger partial charge >= 0.3 is 0 Å². The third-order valence-corrected chi connectivity index (χ3v) is 2.73. The van der Waals surface area contributed by atoms with E-state index in [1.54, 1.807) is 0 Å². The number of ketones is 1. The Hall–Kier alpha value is -1.67. The van der Waals surface area contributed by atoms with Gasteiger partial charge in [0.25, 0.3) is 0 Å². The second-order valence-corrected chi connectivity index (χ2v) is 4.87. The first-order valence-electron chi connectivity index (χ1n) is 7.09. The van der Waals surface area contributed by atoms with Crippen LogP contribution in [0.3, 0.4) is 0 Å². The third-order valence-electron chi connectivity index (χ3n) is 2.73. The van der Waals surface area contributed by atoms with E-state index in [0.29, 0.717) is 19.8 Å². The Labute approximate surface area is 126 Å². The number of benzene rings is 1. The van der Waals surface area contributed by atoms with Gasteiger partial charge in [0.15, 0.2) is 5.78 Å². The molecule has 114 valence electrons. The lowest BCUT2D eigenvalue weighted by molar-refractivity contribution is -0.121. The van der Waals surface area contributed by atoms with Crippen LogP contribution in [-0.2, 0) is 14.3 Å². The number of ether oxygens (including phenoxy) is 2. The number of carbonyl (C=O) groups excluding carboxylic acids is 1. The highest BCUT2D eigenvalue weighted by Crippen LogP contribution is 2.09. The van der Waals surface area contributed by atoms with E-state index < -0.39 is 0 Å². The van der Waals surface area contributed by atoms with Crippen molar-refractivity contribution < 1.29 is 14.3 Å². The zero-order valence-corrected chi connectivity index (χ0v) is 12.7. The van der Waals surface area contributed by atoms with Crippen LogP contribution in [0.1, 0.15) is 37.4 Å². The van der Waals surface area contributed by atoms with Gasteiger partial charge in [-0.2, -0.15) is 0 Å². The fourth-order valence-electron chi connectivity index (χ4n) is 1.61. The molecule has 0 fully saturated rings. The largest absolute Gasteiger partial charge is 0.374 e. The number of rotatable bonds is 8. The number of hydrogen-bond acceptors (Lipinski definition) is 4. The Morgan fingerprint density at radius 1 is 1.24 bits per heavy atom. The van der Waals surface area contributed by atoms with E-state index in [4.69, 9.17) is 15.2 Å². The predicted octanol–water partition coefficient (Wildman–Crippen LogP) is 2.07. The summed E-state index contributed by atoms with van der Waals surface area (Å²) in [5.41, 5.74) is 7.84. The summed E-state index contributed by atoms with van der Waals surface area (Å²) >= 11 is 0. The molecule has 0 radical (unpaired) electrons. The summed E-state index contributed by atoms with van der Waals surface area (Å²) in [6, 6.07) is 7.94. The SMILES string of the molecule is CC(=O)COCCCOCC#Cc1ccc(C(C)N)cc1. The first-order chi connectivity index (χ1) is 10.1. The molecule has 0 aliphatic heterocycles. The molecular formula is C17H23NO3. The molecule has 1 unspecified atom stereocenters. The molecule has 0 bridgehead atoms. The van der Waals surface area contributed by atoms with Crippen LogP contribution in [0.4, 0.5) is 0 Å². The van der Waals surface area contributed by atoms with Gasteiger partial charge in [-0.1, -0.05) is 24.0 Å². The number of nitrogens with two attached hydrogens (primary N) is 1. The van der Waals surface area contributed by atoms with Gasteiger partial charge in [0.2, 0.25) is 0 Å². The summed E-state index contributed by atoms with van der Waals surface area (Å²) in [5, 5.41) is 0. The minimum atomic E-state index is 0.0387. The average molecular weight is 289 g/mol. The molecule has 2 N–H and O–H groups in total. The summed E-state index contributed by atoms with van der Waals surface area (Å²) in [7, 11) is 0. The van der Waals surface area contributed by atoms with Crippen LogP contribution in [0, 0.1) is 11.8 Å². The topological polar surface area (TPSA) is 61.5 Å². The van der Waals surface area contributed by atoms with Gasteiger partial charge in [0.1, 0.15) is 13.2 Å². The number of hydrogen-bond donors (Lipinski definition) is 1. The molecule has 1 rings (SSSR count). The van der Waals surface area contributed by atoms with Crippen molar-refractivity contribution in [3.63, 3.8) is 0 Å². The fourth-order valence-corrected chi connectivity index (χ4v) is 1.61. The Kier molecular flexibility index (Phi) is 8.37. The standard InChI is InChI=1S/C17H23NO3/c1-14(19)13-21-12-4-11-20-10-3-5-16-6-8-17(9-7-16)15(2)18/h6-9,15H,4,10-13,18H2,1-2H3. The molecule has 1 atom stereocenters. The van der Waals surface area contributed by atoms with Crippen LogP contribution in [0.25, 0.3) is 0 Å². The first-order valence-corrected chi connectivity index (χ1v) is 7.09. The van der Waals surface area contributed by atoms with Gasteiger partial charge in [-0.05, 0) is 38.0 Å². The fraction of sp³-hybridized carbons (Fsp3) is 0.471. The smallest absolute Gasteiger partial charge is 0.155 e. The molecule has 4 nitrogen and oxygen atoms in total. The van der Waals surface area contributed by atoms with Crippen molar-refractivity contribution >= 4 is 5.78 Å². The molecule has 4 heteroatoms. The van der Waals surface area contributed by atoms with Crippen molar-refractivity contribution in [1.29, 1.82) is 0 Å². The van der Waals surface area contributed by atoms with Gasteiger partial charge < -0.3 is 15.2 Å². The van der Waals surface area contributed by atoms with E-state index >= 15 is 0 Å². The minimum absolute atomic E-state index is 0.0387. The molecule has 0 aromatic heterocycles. The molecular weight excluding hydrogens is 266 g/mol. The molecule has 0 spiro atoms. The van der Waals surface area contributed by atoms with E-state index in [1.165, 1.54) is 6.92 Å². The van der Waals surface area contributed by atoms with E-state index in [1.807, 2.05) is 31.2 Å². The third kappa shape index (κ3) is 8.26. The van der Waals surface area contributed by atoms with Crippen molar-refractivity contribution in [2.24, 2.45) is 5.73 Å². The summed E-state index contributed by atoms with van der Waals surface area (Å²) < 4.78 is 10.5. The maximum atomic E-state index is 10.6. The highest BCUT2D eigenvalue weighted by atomic mass is 16.5. The van der Waals surface area contributed by atoms with Crippen molar-refractivity contribution in [3.05, 3.63) is 35.4 Å². The van der Waals surface area contributed by atoms with E-state index in [-0.39, 0.29) is 18.4 Å². The van der Waals surface area contributed by atoms with Crippen LogP contribution in [0.5, 0.6) is 0 Å². The average Bonchev–Trinajstić information content (AvgIpc) is 2.45. The van der Waals surface area contributed by atoms with E-state index in [2.05, 4.69) is 11.8 Å². The maximum Gasteiger partial charge on any atom is 0.155 e. The van der Waals surface area contributed by atoms with Crippen LogP contribution in [0.15, 0.2) is 24.3 Å². The summed E-state index contributed by atoms with van der Waals surface area (Å²) in [4.78, 5) is 10.6. The minimum Gasteiger partial charge on any atom is -0.374 e. The van der Waals surface area contributed by atoms with Gasteiger partial charge in [0.05, 0.1) is 6.61 Å². The second-order valence-electron chi connectivity index (χ2n) is 4.87. The van der Waals surface area contributed by atoms with Crippen LogP contribution >= 0.6 is 0 Å². The Balaban J connectivity index is 2.14. The Bertz CT molecular complexity index is 483. The zero-order valence-electron chi connectivity index (χ0n) is 12.7. The quantitative estimate of drug-likeness (QED) is 0.588. The highest BCUT2D eigenvalue weighted by Gasteiger charge is 1.97. The molecule has 0 saturated carbocycles. The van der Waals surface area contributed by atoms with Gasteiger partial charge in [-0.15, -0.1) is 0 Å². The first kappa shape index (κ1) is 17.4. The van der Waals surface area contributed by atoms with Crippen molar-refractivity contribution in [3.8, 4) is 11.8 Å². The summed E-state index contributed by atoms with van der Waals surface area (Å²) in [5.74, 6) is 6.04. The lowest BCUT2D eigenvalue weighted by Gasteiger charge is -2.04. The molecule has 1 aromatic rings. The van der Waals surface area contributed by atoms with Crippen molar-refractivity contribution in [1.82, 2.24) is 0 Å². The Morgan fingerprint density at radius 2 is 1.90 bits per heavy atom. The monoisotopic (exact) mass is 289 g/mol. The molecule has 0 saturated heterocycles. The molecule has 0 aliphatic carbocycles. The molecule has 0 aliphatic rings. The molecule has 0 amide bonds. The lowest BCUT2D eigenvalue weighted by atomic mass is 10.1. The van der Waals surface area contributed by atoms with Crippen LogP contribution in [-0.4, -0.2) is 32.2 Å². The lowest BCUT2D eigenvalue weighted by Crippen LogP contribution is -2.07. The van der Waals surface area contributed by atoms with Crippen molar-refractivity contribution in [2.45, 2.75) is 26.3 Å². The summed E-state index contributed by atoms with van der Waals surface area (Å²) in [6.45, 7) is 5.14. The molecule has 1 aromatic carbocycles. The van der Waals surface area contributed by atoms with E-state index in [9.17, 15) is 4.79 Å². The second kappa shape index (κ2) is 10.1. The Morgan fingerprint density at radius 3 is 2.52 bits per heavy atom. The van der Waals surface area contributed by atoms with Gasteiger partial charge in [-0.3, -0.25) is 4.79 Å². The zero-order chi connectivity index (χ0) is 15.5. The normalized spacial score (nSPS) is 11.6. The van der Waals surface area contributed by atoms with Gasteiger partial charge in [0, 0.05) is 18.2 Å². The number of carbonyl (C=O) groups is 1. The maximum absolute atomic E-state index is 10.6. The van der Waals surface area contributed by atoms with Gasteiger partial charge in [-0.25, -0.2) is 0 Å².